The molecule has 1 saturated carbocycles. The summed E-state index contributed by atoms with van der Waals surface area (Å²) in [6.07, 6.45) is 4.00. The van der Waals surface area contributed by atoms with Gasteiger partial charge in [0.2, 0.25) is 11.8 Å². The molecule has 1 aromatic carbocycles. The lowest BCUT2D eigenvalue weighted by Crippen LogP contribution is -2.46. The number of rotatable bonds is 6. The van der Waals surface area contributed by atoms with Crippen LogP contribution in [0.25, 0.3) is 0 Å². The van der Waals surface area contributed by atoms with Crippen LogP contribution in [-0.4, -0.2) is 49.4 Å². The molecule has 1 unspecified atom stereocenters. The Hall–Kier alpha value is -2.04. The fourth-order valence-electron chi connectivity index (χ4n) is 3.21. The van der Waals surface area contributed by atoms with E-state index in [2.05, 4.69) is 29.4 Å². The van der Waals surface area contributed by atoms with Gasteiger partial charge in [-0.05, 0) is 37.8 Å². The summed E-state index contributed by atoms with van der Waals surface area (Å²) in [6, 6.07) is 10.4. The molecular weight excluding hydrogens is 290 g/mol. The molecule has 5 nitrogen and oxygen atoms in total. The van der Waals surface area contributed by atoms with Crippen LogP contribution in [0.1, 0.15) is 25.7 Å². The monoisotopic (exact) mass is 315 g/mol. The molecule has 1 heterocycles. The number of likely N-dealkylation sites (tertiary alicyclic amines) is 1. The van der Waals surface area contributed by atoms with Gasteiger partial charge in [-0.25, -0.2) is 0 Å². The van der Waals surface area contributed by atoms with Gasteiger partial charge in [-0.3, -0.25) is 9.59 Å². The van der Waals surface area contributed by atoms with E-state index in [1.807, 2.05) is 23.1 Å². The molecule has 3 rings (SSSR count). The number of para-hydroxylation sites is 1. The fourth-order valence-corrected chi connectivity index (χ4v) is 3.21. The molecule has 2 amide bonds. The Morgan fingerprint density at radius 3 is 2.65 bits per heavy atom. The predicted octanol–water partition coefficient (Wildman–Crippen LogP) is 1.64. The van der Waals surface area contributed by atoms with Crippen LogP contribution in [0.3, 0.4) is 0 Å². The highest BCUT2D eigenvalue weighted by Gasteiger charge is 2.32. The maximum atomic E-state index is 12.4. The molecule has 0 bridgehead atoms. The summed E-state index contributed by atoms with van der Waals surface area (Å²) in [5.41, 5.74) is 1.16. The smallest absolute Gasteiger partial charge is 0.242 e. The Morgan fingerprint density at radius 2 is 1.96 bits per heavy atom. The number of hydrogen-bond acceptors (Lipinski definition) is 3. The van der Waals surface area contributed by atoms with E-state index in [4.69, 9.17) is 0 Å². The Kier molecular flexibility index (Phi) is 4.84. The summed E-state index contributed by atoms with van der Waals surface area (Å²) in [7, 11) is 2.06. The van der Waals surface area contributed by atoms with E-state index in [1.54, 1.807) is 0 Å². The molecular formula is C18H25N3O2. The topological polar surface area (TPSA) is 52.6 Å². The minimum Gasteiger partial charge on any atom is -0.373 e. The average Bonchev–Trinajstić information content (AvgIpc) is 3.33. The van der Waals surface area contributed by atoms with Crippen LogP contribution in [0.4, 0.5) is 5.69 Å². The van der Waals surface area contributed by atoms with Crippen molar-refractivity contribution in [3.63, 3.8) is 0 Å². The van der Waals surface area contributed by atoms with E-state index in [1.165, 1.54) is 0 Å². The number of hydrogen-bond donors (Lipinski definition) is 1. The molecule has 1 N–H and O–H groups in total. The first kappa shape index (κ1) is 15.8. The van der Waals surface area contributed by atoms with Crippen LogP contribution >= 0.6 is 0 Å². The van der Waals surface area contributed by atoms with Gasteiger partial charge in [-0.1, -0.05) is 18.2 Å². The van der Waals surface area contributed by atoms with Gasteiger partial charge < -0.3 is 15.1 Å². The molecule has 1 aliphatic carbocycles. The van der Waals surface area contributed by atoms with E-state index in [9.17, 15) is 9.59 Å². The van der Waals surface area contributed by atoms with Crippen molar-refractivity contribution < 1.29 is 9.59 Å². The van der Waals surface area contributed by atoms with Gasteiger partial charge in [0, 0.05) is 37.8 Å². The third kappa shape index (κ3) is 4.03. The number of carbonyl (C=O) groups excluding carboxylic acids is 2. The van der Waals surface area contributed by atoms with E-state index >= 15 is 0 Å². The second-order valence-corrected chi connectivity index (χ2v) is 6.59. The standard InChI is InChI=1S/C18H25N3O2/c1-20(15-6-3-2-4-7-15)13-16-8-5-11-21(16)17(22)12-19-18(23)14-9-10-14/h2-4,6-7,14,16H,5,8-13H2,1H3,(H,19,23). The molecule has 124 valence electrons. The van der Waals surface area contributed by atoms with Crippen molar-refractivity contribution in [1.29, 1.82) is 0 Å². The zero-order chi connectivity index (χ0) is 16.2. The maximum Gasteiger partial charge on any atom is 0.242 e. The SMILES string of the molecule is CN(CC1CCCN1C(=O)CNC(=O)C1CC1)c1ccccc1. The minimum atomic E-state index is 0.0375. The zero-order valence-corrected chi connectivity index (χ0v) is 13.7. The molecule has 0 radical (unpaired) electrons. The molecule has 1 saturated heterocycles. The average molecular weight is 315 g/mol. The summed E-state index contributed by atoms with van der Waals surface area (Å²) in [4.78, 5) is 28.2. The van der Waals surface area contributed by atoms with Crippen LogP contribution in [-0.2, 0) is 9.59 Å². The normalized spacial score (nSPS) is 20.4. The summed E-state index contributed by atoms with van der Waals surface area (Å²) in [5, 5.41) is 2.78. The lowest BCUT2D eigenvalue weighted by molar-refractivity contribution is -0.133. The van der Waals surface area contributed by atoms with Crippen molar-refractivity contribution in [3.05, 3.63) is 30.3 Å². The zero-order valence-electron chi connectivity index (χ0n) is 13.7. The Balaban J connectivity index is 1.52. The van der Waals surface area contributed by atoms with Crippen LogP contribution in [0.2, 0.25) is 0 Å². The van der Waals surface area contributed by atoms with Gasteiger partial charge in [0.05, 0.1) is 6.54 Å². The third-order valence-electron chi connectivity index (χ3n) is 4.74. The first-order valence-corrected chi connectivity index (χ1v) is 8.48. The van der Waals surface area contributed by atoms with Gasteiger partial charge in [0.15, 0.2) is 0 Å². The highest BCUT2D eigenvalue weighted by atomic mass is 16.2. The largest absolute Gasteiger partial charge is 0.373 e. The number of benzene rings is 1. The van der Waals surface area contributed by atoms with Crippen LogP contribution in [0.5, 0.6) is 0 Å². The van der Waals surface area contributed by atoms with E-state index in [0.717, 1.165) is 44.5 Å². The van der Waals surface area contributed by atoms with Gasteiger partial charge in [-0.2, -0.15) is 0 Å². The van der Waals surface area contributed by atoms with Gasteiger partial charge >= 0.3 is 0 Å². The summed E-state index contributed by atoms with van der Waals surface area (Å²) in [5.74, 6) is 0.236. The van der Waals surface area contributed by atoms with Crippen LogP contribution in [0, 0.1) is 5.92 Å². The molecule has 0 spiro atoms. The van der Waals surface area contributed by atoms with Crippen LogP contribution in [0.15, 0.2) is 30.3 Å². The van der Waals surface area contributed by atoms with Crippen molar-refractivity contribution >= 4 is 17.5 Å². The lowest BCUT2D eigenvalue weighted by atomic mass is 10.2. The Morgan fingerprint density at radius 1 is 1.22 bits per heavy atom. The van der Waals surface area contributed by atoms with Crippen molar-refractivity contribution in [1.82, 2.24) is 10.2 Å². The van der Waals surface area contributed by atoms with Gasteiger partial charge in [-0.15, -0.1) is 0 Å². The van der Waals surface area contributed by atoms with E-state index in [0.29, 0.717) is 0 Å². The first-order valence-electron chi connectivity index (χ1n) is 8.48. The number of likely N-dealkylation sites (N-methyl/N-ethyl adjacent to an activating group) is 1. The highest BCUT2D eigenvalue weighted by Crippen LogP contribution is 2.28. The second kappa shape index (κ2) is 7.02. The predicted molar refractivity (Wildman–Crippen MR) is 90.2 cm³/mol. The number of amides is 2. The fraction of sp³-hybridized carbons (Fsp3) is 0.556. The molecule has 1 atom stereocenters. The van der Waals surface area contributed by atoms with E-state index in [-0.39, 0.29) is 30.3 Å². The minimum absolute atomic E-state index is 0.0375. The number of nitrogens with one attached hydrogen (secondary N) is 1. The Bertz CT molecular complexity index is 557. The van der Waals surface area contributed by atoms with E-state index < -0.39 is 0 Å². The summed E-state index contributed by atoms with van der Waals surface area (Å²) >= 11 is 0. The molecule has 1 aromatic rings. The molecule has 23 heavy (non-hydrogen) atoms. The van der Waals surface area contributed by atoms with Crippen molar-refractivity contribution in [2.24, 2.45) is 5.92 Å². The van der Waals surface area contributed by atoms with Crippen molar-refractivity contribution in [2.45, 2.75) is 31.7 Å². The van der Waals surface area contributed by atoms with Crippen LogP contribution < -0.4 is 10.2 Å². The molecule has 1 aliphatic heterocycles. The molecule has 2 aliphatic rings. The second-order valence-electron chi connectivity index (χ2n) is 6.59. The first-order chi connectivity index (χ1) is 11.1. The molecule has 0 aromatic heterocycles. The number of nitrogens with zero attached hydrogens (tertiary/aromatic N) is 2. The maximum absolute atomic E-state index is 12.4. The molecule has 5 heteroatoms. The van der Waals surface area contributed by atoms with Gasteiger partial charge in [0.1, 0.15) is 0 Å². The summed E-state index contributed by atoms with van der Waals surface area (Å²) < 4.78 is 0. The molecule has 2 fully saturated rings. The third-order valence-corrected chi connectivity index (χ3v) is 4.74. The number of carbonyl (C=O) groups is 2. The highest BCUT2D eigenvalue weighted by molar-refractivity contribution is 5.87. The Labute approximate surface area is 137 Å². The van der Waals surface area contributed by atoms with Crippen molar-refractivity contribution in [2.75, 3.05) is 31.6 Å². The lowest BCUT2D eigenvalue weighted by Gasteiger charge is -2.30. The van der Waals surface area contributed by atoms with Gasteiger partial charge in [0.25, 0.3) is 0 Å². The summed E-state index contributed by atoms with van der Waals surface area (Å²) in [6.45, 7) is 1.76. The number of anilines is 1. The quantitative estimate of drug-likeness (QED) is 0.868. The van der Waals surface area contributed by atoms with Crippen molar-refractivity contribution in [3.8, 4) is 0 Å².